The van der Waals surface area contributed by atoms with Crippen molar-refractivity contribution in [2.75, 3.05) is 31.7 Å². The molecule has 3 nitrogen and oxygen atoms in total. The molecule has 1 saturated heterocycles. The minimum absolute atomic E-state index is 0.822. The van der Waals surface area contributed by atoms with Crippen LogP contribution >= 0.6 is 11.3 Å². The predicted octanol–water partition coefficient (Wildman–Crippen LogP) is 3.09. The van der Waals surface area contributed by atoms with E-state index in [0.29, 0.717) is 0 Å². The van der Waals surface area contributed by atoms with E-state index in [2.05, 4.69) is 22.2 Å². The Bertz CT molecular complexity index is 340. The van der Waals surface area contributed by atoms with Gasteiger partial charge in [0.05, 0.1) is 5.69 Å². The van der Waals surface area contributed by atoms with E-state index in [9.17, 15) is 0 Å². The van der Waals surface area contributed by atoms with Crippen LogP contribution < -0.4 is 4.90 Å². The van der Waals surface area contributed by atoms with Crippen LogP contribution in [0.2, 0.25) is 0 Å². The summed E-state index contributed by atoms with van der Waals surface area (Å²) >= 11 is 1.78. The summed E-state index contributed by atoms with van der Waals surface area (Å²) in [7, 11) is 1.78. The molecule has 1 atom stereocenters. The standard InChI is InChI=1S/C13H22N2OS/c1-11-10-17-13(14-11)15-7-3-5-12(9-15)6-4-8-16-2/h10,12H,3-9H2,1-2H3/t12-/m1/s1. The number of ether oxygens (including phenoxy) is 1. The number of hydrogen-bond donors (Lipinski definition) is 0. The first-order chi connectivity index (χ1) is 8.29. The molecule has 96 valence electrons. The van der Waals surface area contributed by atoms with Crippen molar-refractivity contribution in [2.45, 2.75) is 32.6 Å². The number of methoxy groups -OCH3 is 1. The van der Waals surface area contributed by atoms with Gasteiger partial charge in [0.25, 0.3) is 0 Å². The quantitative estimate of drug-likeness (QED) is 0.755. The highest BCUT2D eigenvalue weighted by molar-refractivity contribution is 7.13. The second-order valence-corrected chi connectivity index (χ2v) is 5.70. The molecule has 0 radical (unpaired) electrons. The average molecular weight is 254 g/mol. The number of anilines is 1. The van der Waals surface area contributed by atoms with E-state index in [1.807, 2.05) is 0 Å². The van der Waals surface area contributed by atoms with E-state index in [0.717, 1.165) is 18.2 Å². The number of aryl methyl sites for hydroxylation is 1. The van der Waals surface area contributed by atoms with Crippen molar-refractivity contribution in [3.05, 3.63) is 11.1 Å². The summed E-state index contributed by atoms with van der Waals surface area (Å²) in [5, 5.41) is 3.35. The van der Waals surface area contributed by atoms with E-state index >= 15 is 0 Å². The summed E-state index contributed by atoms with van der Waals surface area (Å²) in [5.41, 5.74) is 1.14. The van der Waals surface area contributed by atoms with Crippen LogP contribution in [0.15, 0.2) is 5.38 Å². The molecule has 1 aromatic rings. The Kier molecular flexibility index (Phi) is 4.80. The van der Waals surface area contributed by atoms with Crippen molar-refractivity contribution in [1.82, 2.24) is 4.98 Å². The van der Waals surface area contributed by atoms with Crippen LogP contribution in [0.5, 0.6) is 0 Å². The summed E-state index contributed by atoms with van der Waals surface area (Å²) in [6, 6.07) is 0. The zero-order chi connectivity index (χ0) is 12.1. The number of hydrogen-bond acceptors (Lipinski definition) is 4. The van der Waals surface area contributed by atoms with E-state index in [4.69, 9.17) is 4.74 Å². The number of rotatable bonds is 5. The van der Waals surface area contributed by atoms with E-state index in [1.54, 1.807) is 18.4 Å². The monoisotopic (exact) mass is 254 g/mol. The number of thiazole rings is 1. The maximum absolute atomic E-state index is 5.12. The Morgan fingerprint density at radius 2 is 2.47 bits per heavy atom. The van der Waals surface area contributed by atoms with Crippen molar-refractivity contribution < 1.29 is 4.74 Å². The predicted molar refractivity (Wildman–Crippen MR) is 72.9 cm³/mol. The summed E-state index contributed by atoms with van der Waals surface area (Å²) in [6.07, 6.45) is 5.14. The molecule has 0 spiro atoms. The lowest BCUT2D eigenvalue weighted by Gasteiger charge is -2.32. The first-order valence-corrected chi connectivity index (χ1v) is 7.33. The van der Waals surface area contributed by atoms with E-state index < -0.39 is 0 Å². The smallest absolute Gasteiger partial charge is 0.185 e. The third-order valence-electron chi connectivity index (χ3n) is 3.36. The molecule has 0 unspecified atom stereocenters. The zero-order valence-electron chi connectivity index (χ0n) is 10.8. The minimum Gasteiger partial charge on any atom is -0.385 e. The lowest BCUT2D eigenvalue weighted by atomic mass is 9.94. The Hall–Kier alpha value is -0.610. The maximum atomic E-state index is 5.12. The number of piperidine rings is 1. The molecule has 0 bridgehead atoms. The van der Waals surface area contributed by atoms with Crippen LogP contribution in [-0.4, -0.2) is 31.8 Å². The van der Waals surface area contributed by atoms with E-state index in [1.165, 1.54) is 43.9 Å². The first-order valence-electron chi connectivity index (χ1n) is 6.45. The maximum Gasteiger partial charge on any atom is 0.185 e. The highest BCUT2D eigenvalue weighted by Crippen LogP contribution is 2.27. The second-order valence-electron chi connectivity index (χ2n) is 4.86. The third kappa shape index (κ3) is 3.68. The van der Waals surface area contributed by atoms with Crippen molar-refractivity contribution >= 4 is 16.5 Å². The van der Waals surface area contributed by atoms with Gasteiger partial charge < -0.3 is 9.64 Å². The third-order valence-corrected chi connectivity index (χ3v) is 4.38. The van der Waals surface area contributed by atoms with Gasteiger partial charge in [-0.15, -0.1) is 11.3 Å². The molecule has 2 heterocycles. The molecule has 1 aliphatic heterocycles. The molecule has 4 heteroatoms. The molecule has 1 aliphatic rings. The minimum atomic E-state index is 0.822. The Labute approximate surface area is 108 Å². The van der Waals surface area contributed by atoms with Crippen LogP contribution in [0.4, 0.5) is 5.13 Å². The van der Waals surface area contributed by atoms with Gasteiger partial charge >= 0.3 is 0 Å². The van der Waals surface area contributed by atoms with Crippen molar-refractivity contribution in [2.24, 2.45) is 5.92 Å². The van der Waals surface area contributed by atoms with Crippen LogP contribution in [-0.2, 0) is 4.74 Å². The molecule has 0 amide bonds. The Morgan fingerprint density at radius 1 is 1.59 bits per heavy atom. The van der Waals surface area contributed by atoms with Crippen LogP contribution in [0.3, 0.4) is 0 Å². The Balaban J connectivity index is 1.84. The Morgan fingerprint density at radius 3 is 3.18 bits per heavy atom. The molecule has 0 aromatic carbocycles. The molecule has 17 heavy (non-hydrogen) atoms. The van der Waals surface area contributed by atoms with Gasteiger partial charge in [-0.3, -0.25) is 0 Å². The van der Waals surface area contributed by atoms with Gasteiger partial charge in [0.15, 0.2) is 5.13 Å². The van der Waals surface area contributed by atoms with Crippen molar-refractivity contribution in [1.29, 1.82) is 0 Å². The largest absolute Gasteiger partial charge is 0.385 e. The van der Waals surface area contributed by atoms with Crippen molar-refractivity contribution in [3.8, 4) is 0 Å². The average Bonchev–Trinajstić information content (AvgIpc) is 2.77. The molecule has 0 aliphatic carbocycles. The van der Waals surface area contributed by atoms with Crippen LogP contribution in [0, 0.1) is 12.8 Å². The summed E-state index contributed by atoms with van der Waals surface area (Å²) in [4.78, 5) is 7.04. The van der Waals surface area contributed by atoms with Crippen LogP contribution in [0.1, 0.15) is 31.4 Å². The fourth-order valence-electron chi connectivity index (χ4n) is 2.48. The van der Waals surface area contributed by atoms with E-state index in [-0.39, 0.29) is 0 Å². The van der Waals surface area contributed by atoms with Gasteiger partial charge in [-0.05, 0) is 38.5 Å². The molecule has 1 aromatic heterocycles. The highest BCUT2D eigenvalue weighted by atomic mass is 32.1. The first kappa shape index (κ1) is 12.8. The van der Waals surface area contributed by atoms with Crippen LogP contribution in [0.25, 0.3) is 0 Å². The summed E-state index contributed by atoms with van der Waals surface area (Å²) in [6.45, 7) is 5.32. The van der Waals surface area contributed by atoms with Gasteiger partial charge in [0.1, 0.15) is 0 Å². The normalized spacial score (nSPS) is 20.8. The molecule has 0 saturated carbocycles. The molecule has 1 fully saturated rings. The lowest BCUT2D eigenvalue weighted by molar-refractivity contribution is 0.184. The number of aromatic nitrogens is 1. The fourth-order valence-corrected chi connectivity index (χ4v) is 3.32. The summed E-state index contributed by atoms with van der Waals surface area (Å²) in [5.74, 6) is 0.822. The molecule has 0 N–H and O–H groups in total. The van der Waals surface area contributed by atoms with Gasteiger partial charge in [0, 0.05) is 32.2 Å². The summed E-state index contributed by atoms with van der Waals surface area (Å²) < 4.78 is 5.12. The number of nitrogens with zero attached hydrogens (tertiary/aromatic N) is 2. The highest BCUT2D eigenvalue weighted by Gasteiger charge is 2.21. The molecular weight excluding hydrogens is 232 g/mol. The second kappa shape index (κ2) is 6.36. The lowest BCUT2D eigenvalue weighted by Crippen LogP contribution is -2.35. The van der Waals surface area contributed by atoms with Gasteiger partial charge in [-0.1, -0.05) is 0 Å². The molecule has 2 rings (SSSR count). The van der Waals surface area contributed by atoms with Gasteiger partial charge in [-0.2, -0.15) is 0 Å². The molecular formula is C13H22N2OS. The zero-order valence-corrected chi connectivity index (χ0v) is 11.6. The van der Waals surface area contributed by atoms with Gasteiger partial charge in [0.2, 0.25) is 0 Å². The van der Waals surface area contributed by atoms with Crippen molar-refractivity contribution in [3.63, 3.8) is 0 Å². The SMILES string of the molecule is COCCC[C@H]1CCCN(c2nc(C)cs2)C1. The van der Waals surface area contributed by atoms with Gasteiger partial charge in [-0.25, -0.2) is 4.98 Å². The fraction of sp³-hybridized carbons (Fsp3) is 0.769. The topological polar surface area (TPSA) is 25.4 Å².